The van der Waals surface area contributed by atoms with Crippen molar-refractivity contribution in [3.63, 3.8) is 0 Å². The summed E-state index contributed by atoms with van der Waals surface area (Å²) in [5.41, 5.74) is 0.736. The number of thiophene rings is 1. The normalized spacial score (nSPS) is 12.8. The van der Waals surface area contributed by atoms with Crippen LogP contribution in [0.5, 0.6) is 0 Å². The molecule has 0 spiro atoms. The first-order chi connectivity index (χ1) is 9.04. The Labute approximate surface area is 119 Å². The molecule has 2 aromatic rings. The Kier molecular flexibility index (Phi) is 4.38. The van der Waals surface area contributed by atoms with Crippen molar-refractivity contribution in [1.82, 2.24) is 9.97 Å². The number of hydrogen-bond donors (Lipinski definition) is 1. The zero-order chi connectivity index (χ0) is 14.0. The van der Waals surface area contributed by atoms with Gasteiger partial charge in [0.05, 0.1) is 6.61 Å². The topological polar surface area (TPSA) is 72.3 Å². The molecule has 2 rings (SSSR count). The molecule has 0 saturated heterocycles. The maximum absolute atomic E-state index is 11.2. The number of hydrogen-bond acceptors (Lipinski definition) is 6. The number of aromatic nitrogens is 2. The molecule has 0 aliphatic carbocycles. The second kappa shape index (κ2) is 5.85. The predicted molar refractivity (Wildman–Crippen MR) is 76.3 cm³/mol. The lowest BCUT2D eigenvalue weighted by Crippen LogP contribution is -2.05. The maximum atomic E-state index is 11.2. The molecule has 102 valence electrons. The number of aromatic carboxylic acids is 1. The molecule has 0 aromatic carbocycles. The van der Waals surface area contributed by atoms with Gasteiger partial charge in [-0.05, 0) is 12.5 Å². The molecule has 0 fully saturated rings. The summed E-state index contributed by atoms with van der Waals surface area (Å²) >= 11 is 2.77. The molecule has 2 heterocycles. The van der Waals surface area contributed by atoms with Crippen LogP contribution in [0.25, 0.3) is 10.2 Å². The Balaban J connectivity index is 2.47. The molecule has 0 saturated carbocycles. The largest absolute Gasteiger partial charge is 0.477 e. The number of ether oxygens (including phenoxy) is 1. The van der Waals surface area contributed by atoms with Crippen molar-refractivity contribution in [3.8, 4) is 0 Å². The van der Waals surface area contributed by atoms with E-state index in [0.29, 0.717) is 11.5 Å². The molecule has 7 heteroatoms. The summed E-state index contributed by atoms with van der Waals surface area (Å²) in [6.07, 6.45) is 1.48. The average molecular weight is 298 g/mol. The van der Waals surface area contributed by atoms with Crippen LogP contribution in [0.3, 0.4) is 0 Å². The van der Waals surface area contributed by atoms with E-state index in [1.54, 1.807) is 25.8 Å². The Morgan fingerprint density at radius 3 is 2.95 bits per heavy atom. The highest BCUT2D eigenvalue weighted by molar-refractivity contribution is 8.00. The molecule has 0 bridgehead atoms. The lowest BCUT2D eigenvalue weighted by Gasteiger charge is -2.09. The van der Waals surface area contributed by atoms with Gasteiger partial charge in [-0.2, -0.15) is 0 Å². The van der Waals surface area contributed by atoms with Crippen LogP contribution in [0.4, 0.5) is 0 Å². The fourth-order valence-corrected chi connectivity index (χ4v) is 3.90. The molecule has 5 nitrogen and oxygen atoms in total. The summed E-state index contributed by atoms with van der Waals surface area (Å²) in [5, 5.41) is 11.1. The van der Waals surface area contributed by atoms with Gasteiger partial charge in [0.2, 0.25) is 0 Å². The smallest absolute Gasteiger partial charge is 0.346 e. The van der Waals surface area contributed by atoms with Crippen molar-refractivity contribution >= 4 is 39.3 Å². The van der Waals surface area contributed by atoms with Crippen molar-refractivity contribution < 1.29 is 14.6 Å². The van der Waals surface area contributed by atoms with Crippen LogP contribution in [-0.4, -0.2) is 40.0 Å². The number of thioether (sulfide) groups is 1. The lowest BCUT2D eigenvalue weighted by molar-refractivity contribution is 0.0701. The highest BCUT2D eigenvalue weighted by Crippen LogP contribution is 2.36. The standard InChI is InChI=1S/C12H14N2O3S2/c1-6(4-17-3)18-10-8-7(2)9(12(15)16)19-11(8)14-5-13-10/h5-6H,4H2,1-3H3,(H,15,16). The first-order valence-corrected chi connectivity index (χ1v) is 7.37. The monoisotopic (exact) mass is 298 g/mol. The van der Waals surface area contributed by atoms with Gasteiger partial charge in [0.1, 0.15) is 21.1 Å². The van der Waals surface area contributed by atoms with E-state index in [-0.39, 0.29) is 5.25 Å². The predicted octanol–water partition coefficient (Wildman–Crippen LogP) is 2.82. The SMILES string of the molecule is COCC(C)Sc1ncnc2sc(C(=O)O)c(C)c12. The van der Waals surface area contributed by atoms with Crippen LogP contribution in [0.2, 0.25) is 0 Å². The lowest BCUT2D eigenvalue weighted by atomic mass is 10.2. The van der Waals surface area contributed by atoms with Gasteiger partial charge in [0.15, 0.2) is 0 Å². The molecule has 19 heavy (non-hydrogen) atoms. The molecular weight excluding hydrogens is 284 g/mol. The van der Waals surface area contributed by atoms with Gasteiger partial charge in [-0.25, -0.2) is 14.8 Å². The van der Waals surface area contributed by atoms with E-state index >= 15 is 0 Å². The number of methoxy groups -OCH3 is 1. The Bertz CT molecular complexity index is 612. The number of fused-ring (bicyclic) bond motifs is 1. The van der Waals surface area contributed by atoms with Crippen LogP contribution in [-0.2, 0) is 4.74 Å². The number of carboxylic acids is 1. The van der Waals surface area contributed by atoms with Gasteiger partial charge >= 0.3 is 5.97 Å². The second-order valence-electron chi connectivity index (χ2n) is 4.10. The third-order valence-electron chi connectivity index (χ3n) is 2.60. The van der Waals surface area contributed by atoms with Gasteiger partial charge in [0.25, 0.3) is 0 Å². The van der Waals surface area contributed by atoms with Crippen LogP contribution < -0.4 is 0 Å². The van der Waals surface area contributed by atoms with Gasteiger partial charge in [-0.1, -0.05) is 6.92 Å². The number of nitrogens with zero attached hydrogens (tertiary/aromatic N) is 2. The number of rotatable bonds is 5. The number of aryl methyl sites for hydroxylation is 1. The Morgan fingerprint density at radius 2 is 2.32 bits per heavy atom. The minimum absolute atomic E-state index is 0.246. The third-order valence-corrected chi connectivity index (χ3v) is 4.86. The molecular formula is C12H14N2O3S2. The summed E-state index contributed by atoms with van der Waals surface area (Å²) in [6, 6.07) is 0. The zero-order valence-electron chi connectivity index (χ0n) is 10.8. The first-order valence-electron chi connectivity index (χ1n) is 5.67. The zero-order valence-corrected chi connectivity index (χ0v) is 12.5. The van der Waals surface area contributed by atoms with Crippen LogP contribution in [0.15, 0.2) is 11.4 Å². The molecule has 2 aromatic heterocycles. The average Bonchev–Trinajstić information content (AvgIpc) is 2.68. The molecule has 0 amide bonds. The minimum atomic E-state index is -0.915. The highest BCUT2D eigenvalue weighted by atomic mass is 32.2. The molecule has 1 unspecified atom stereocenters. The summed E-state index contributed by atoms with van der Waals surface area (Å²) in [7, 11) is 1.66. The number of carbonyl (C=O) groups is 1. The molecule has 0 aliphatic rings. The second-order valence-corrected chi connectivity index (χ2v) is 6.53. The molecule has 1 atom stereocenters. The highest BCUT2D eigenvalue weighted by Gasteiger charge is 2.19. The van der Waals surface area contributed by atoms with E-state index in [1.165, 1.54) is 17.7 Å². The van der Waals surface area contributed by atoms with Crippen LogP contribution in [0, 0.1) is 6.92 Å². The summed E-state index contributed by atoms with van der Waals surface area (Å²) in [5.74, 6) is -0.915. The van der Waals surface area contributed by atoms with Crippen molar-refractivity contribution in [3.05, 3.63) is 16.8 Å². The van der Waals surface area contributed by atoms with Crippen LogP contribution in [0.1, 0.15) is 22.2 Å². The third kappa shape index (κ3) is 2.88. The van der Waals surface area contributed by atoms with E-state index in [1.807, 2.05) is 6.92 Å². The summed E-state index contributed by atoms with van der Waals surface area (Å²) in [6.45, 7) is 4.46. The Hall–Kier alpha value is -1.18. The van der Waals surface area contributed by atoms with Crippen molar-refractivity contribution in [1.29, 1.82) is 0 Å². The van der Waals surface area contributed by atoms with Gasteiger partial charge in [-0.3, -0.25) is 0 Å². The molecule has 0 aliphatic heterocycles. The van der Waals surface area contributed by atoms with E-state index in [0.717, 1.165) is 20.8 Å². The van der Waals surface area contributed by atoms with Crippen molar-refractivity contribution in [2.75, 3.05) is 13.7 Å². The van der Waals surface area contributed by atoms with E-state index < -0.39 is 5.97 Å². The van der Waals surface area contributed by atoms with Gasteiger partial charge < -0.3 is 9.84 Å². The number of carboxylic acid groups (broad SMARTS) is 1. The quantitative estimate of drug-likeness (QED) is 0.676. The van der Waals surface area contributed by atoms with Crippen molar-refractivity contribution in [2.24, 2.45) is 0 Å². The van der Waals surface area contributed by atoms with Crippen molar-refractivity contribution in [2.45, 2.75) is 24.1 Å². The maximum Gasteiger partial charge on any atom is 0.346 e. The fraction of sp³-hybridized carbons (Fsp3) is 0.417. The van der Waals surface area contributed by atoms with E-state index in [4.69, 9.17) is 9.84 Å². The van der Waals surface area contributed by atoms with Gasteiger partial charge in [-0.15, -0.1) is 23.1 Å². The first kappa shape index (κ1) is 14.2. The van der Waals surface area contributed by atoms with Gasteiger partial charge in [0, 0.05) is 17.7 Å². The summed E-state index contributed by atoms with van der Waals surface area (Å²) < 4.78 is 5.11. The molecule has 1 N–H and O–H groups in total. The summed E-state index contributed by atoms with van der Waals surface area (Å²) in [4.78, 5) is 20.6. The fourth-order valence-electron chi connectivity index (χ4n) is 1.79. The minimum Gasteiger partial charge on any atom is -0.477 e. The molecule has 0 radical (unpaired) electrons. The van der Waals surface area contributed by atoms with E-state index in [2.05, 4.69) is 9.97 Å². The Morgan fingerprint density at radius 1 is 1.58 bits per heavy atom. The van der Waals surface area contributed by atoms with Crippen LogP contribution >= 0.6 is 23.1 Å². The van der Waals surface area contributed by atoms with E-state index in [9.17, 15) is 4.79 Å².